The van der Waals surface area contributed by atoms with Gasteiger partial charge in [-0.1, -0.05) is 20.8 Å². The van der Waals surface area contributed by atoms with Gasteiger partial charge >= 0.3 is 0 Å². The summed E-state index contributed by atoms with van der Waals surface area (Å²) in [5, 5.41) is 5.99. The number of aliphatic imine (C=N–C) groups is 1. The molecule has 1 aromatic rings. The molecule has 0 unspecified atom stereocenters. The van der Waals surface area contributed by atoms with Crippen LogP contribution in [0, 0.1) is 5.41 Å². The van der Waals surface area contributed by atoms with Crippen molar-refractivity contribution in [2.45, 2.75) is 32.9 Å². The molecule has 1 aromatic heterocycles. The first-order valence-corrected chi connectivity index (χ1v) is 8.41. The molecule has 25 heavy (non-hydrogen) atoms. The fourth-order valence-electron chi connectivity index (χ4n) is 2.33. The van der Waals surface area contributed by atoms with Gasteiger partial charge in [0.1, 0.15) is 12.1 Å². The Kier molecular flexibility index (Phi) is 4.67. The van der Waals surface area contributed by atoms with Crippen molar-refractivity contribution in [2.75, 3.05) is 0 Å². The van der Waals surface area contributed by atoms with Crippen LogP contribution in [0.3, 0.4) is 0 Å². The van der Waals surface area contributed by atoms with E-state index in [2.05, 4.69) is 20.6 Å². The lowest BCUT2D eigenvalue weighted by Crippen LogP contribution is -2.44. The number of ether oxygens (including phenoxy) is 1. The van der Waals surface area contributed by atoms with Gasteiger partial charge in [0.15, 0.2) is 5.11 Å². The summed E-state index contributed by atoms with van der Waals surface area (Å²) >= 11 is 5.21. The minimum absolute atomic E-state index is 0.128. The number of hydrogen-bond donors (Lipinski definition) is 2. The average Bonchev–Trinajstić information content (AvgIpc) is 2.98. The number of rotatable bonds is 2. The van der Waals surface area contributed by atoms with Crippen molar-refractivity contribution in [3.63, 3.8) is 0 Å². The average molecular weight is 356 g/mol. The molecule has 0 aromatic carbocycles. The van der Waals surface area contributed by atoms with E-state index in [1.165, 1.54) is 0 Å². The third kappa shape index (κ3) is 4.11. The summed E-state index contributed by atoms with van der Waals surface area (Å²) in [6.07, 6.45) is 9.03. The van der Waals surface area contributed by atoms with E-state index < -0.39 is 5.41 Å². The van der Waals surface area contributed by atoms with Gasteiger partial charge in [0, 0.05) is 29.1 Å². The Morgan fingerprint density at radius 1 is 1.28 bits per heavy atom. The number of thiocarbonyl (C=S) groups is 1. The zero-order valence-electron chi connectivity index (χ0n) is 14.3. The summed E-state index contributed by atoms with van der Waals surface area (Å²) in [6.45, 7) is 5.50. The third-order valence-corrected chi connectivity index (χ3v) is 3.96. The van der Waals surface area contributed by atoms with Crippen LogP contribution in [0.2, 0.25) is 0 Å². The molecule has 2 aliphatic rings. The Balaban J connectivity index is 1.66. The van der Waals surface area contributed by atoms with E-state index in [0.29, 0.717) is 5.90 Å². The number of carbonyl (C=O) groups is 1. The van der Waals surface area contributed by atoms with E-state index in [9.17, 15) is 4.79 Å². The largest absolute Gasteiger partial charge is 0.467 e. The summed E-state index contributed by atoms with van der Waals surface area (Å²) in [5.41, 5.74) is 1.17. The van der Waals surface area contributed by atoms with Gasteiger partial charge in [-0.15, -0.1) is 0 Å². The number of amides is 1. The number of allylic oxidation sites excluding steroid dienone is 1. The maximum absolute atomic E-state index is 12.0. The third-order valence-electron chi connectivity index (χ3n) is 3.76. The highest BCUT2D eigenvalue weighted by Crippen LogP contribution is 2.24. The molecular formula is C18H20N4O2S. The SMILES string of the molecule is CC(C)(C)C(=O)NC(=S)NC1=C[C@@H]2N=C(c3ccncc3)O[C@H]2C=C1. The molecule has 0 spiro atoms. The molecule has 0 saturated carbocycles. The summed E-state index contributed by atoms with van der Waals surface area (Å²) in [5.74, 6) is 0.466. The van der Waals surface area contributed by atoms with Crippen molar-refractivity contribution in [3.05, 3.63) is 54.0 Å². The number of hydrogen-bond acceptors (Lipinski definition) is 5. The Bertz CT molecular complexity index is 778. The molecule has 1 aliphatic carbocycles. The van der Waals surface area contributed by atoms with Crippen LogP contribution >= 0.6 is 12.2 Å². The normalized spacial score (nSPS) is 21.6. The van der Waals surface area contributed by atoms with E-state index in [0.717, 1.165) is 11.3 Å². The van der Waals surface area contributed by atoms with Gasteiger partial charge < -0.3 is 15.4 Å². The molecule has 6 nitrogen and oxygen atoms in total. The van der Waals surface area contributed by atoms with Gasteiger partial charge in [0.25, 0.3) is 0 Å². The second-order valence-corrected chi connectivity index (χ2v) is 7.29. The van der Waals surface area contributed by atoms with Crippen LogP contribution in [0.15, 0.2) is 53.4 Å². The quantitative estimate of drug-likeness (QED) is 0.794. The standard InChI is InChI=1S/C18H20N4O2S/c1-18(2,3)16(23)22-17(25)20-12-4-5-14-13(10-12)21-15(24-14)11-6-8-19-9-7-11/h4-10,13-14H,1-3H3,(H2,20,22,23,25)/t13-,14-/m0/s1. The molecule has 0 bridgehead atoms. The van der Waals surface area contributed by atoms with Crippen LogP contribution < -0.4 is 10.6 Å². The van der Waals surface area contributed by atoms with E-state index in [1.54, 1.807) is 12.4 Å². The molecule has 7 heteroatoms. The predicted octanol–water partition coefficient (Wildman–Crippen LogP) is 2.09. The van der Waals surface area contributed by atoms with Crippen molar-refractivity contribution in [1.29, 1.82) is 0 Å². The molecule has 0 saturated heterocycles. The molecule has 0 fully saturated rings. The van der Waals surface area contributed by atoms with Crippen molar-refractivity contribution in [3.8, 4) is 0 Å². The van der Waals surface area contributed by atoms with Gasteiger partial charge in [0.05, 0.1) is 0 Å². The molecule has 2 N–H and O–H groups in total. The first-order chi connectivity index (χ1) is 11.8. The minimum Gasteiger partial charge on any atom is -0.467 e. The topological polar surface area (TPSA) is 75.6 Å². The molecule has 1 amide bonds. The number of pyridine rings is 1. The van der Waals surface area contributed by atoms with Crippen molar-refractivity contribution in [1.82, 2.24) is 15.6 Å². The maximum Gasteiger partial charge on any atom is 0.231 e. The van der Waals surface area contributed by atoms with Gasteiger partial charge in [-0.3, -0.25) is 9.78 Å². The lowest BCUT2D eigenvalue weighted by Gasteiger charge is -2.21. The van der Waals surface area contributed by atoms with E-state index >= 15 is 0 Å². The Labute approximate surface area is 152 Å². The zero-order chi connectivity index (χ0) is 18.0. The second kappa shape index (κ2) is 6.76. The Hall–Kier alpha value is -2.54. The highest BCUT2D eigenvalue weighted by molar-refractivity contribution is 7.80. The van der Waals surface area contributed by atoms with Crippen LogP contribution in [0.4, 0.5) is 0 Å². The summed E-state index contributed by atoms with van der Waals surface area (Å²) in [7, 11) is 0. The summed E-state index contributed by atoms with van der Waals surface area (Å²) in [6, 6.07) is 3.59. The van der Waals surface area contributed by atoms with Crippen molar-refractivity contribution >= 4 is 29.1 Å². The number of aromatic nitrogens is 1. The van der Waals surface area contributed by atoms with Crippen LogP contribution in [0.5, 0.6) is 0 Å². The van der Waals surface area contributed by atoms with Crippen molar-refractivity contribution in [2.24, 2.45) is 10.4 Å². The number of nitrogens with zero attached hydrogens (tertiary/aromatic N) is 2. The monoisotopic (exact) mass is 356 g/mol. The second-order valence-electron chi connectivity index (χ2n) is 6.88. The fraction of sp³-hybridized carbons (Fsp3) is 0.333. The van der Waals surface area contributed by atoms with Crippen molar-refractivity contribution < 1.29 is 9.53 Å². The lowest BCUT2D eigenvalue weighted by molar-refractivity contribution is -0.126. The van der Waals surface area contributed by atoms with Gasteiger partial charge in [-0.05, 0) is 42.6 Å². The molecule has 1 aliphatic heterocycles. The van der Waals surface area contributed by atoms with E-state index in [1.807, 2.05) is 51.1 Å². The summed E-state index contributed by atoms with van der Waals surface area (Å²) in [4.78, 5) is 20.6. The van der Waals surface area contributed by atoms with Crippen LogP contribution in [-0.4, -0.2) is 34.0 Å². The number of fused-ring (bicyclic) bond motifs is 1. The van der Waals surface area contributed by atoms with Gasteiger partial charge in [-0.25, -0.2) is 4.99 Å². The number of carbonyl (C=O) groups excluding carboxylic acids is 1. The minimum atomic E-state index is -0.503. The van der Waals surface area contributed by atoms with E-state index in [4.69, 9.17) is 17.0 Å². The lowest BCUT2D eigenvalue weighted by atomic mass is 9.96. The Morgan fingerprint density at radius 2 is 2.00 bits per heavy atom. The predicted molar refractivity (Wildman–Crippen MR) is 100.0 cm³/mol. The van der Waals surface area contributed by atoms with Gasteiger partial charge in [-0.2, -0.15) is 0 Å². The summed E-state index contributed by atoms with van der Waals surface area (Å²) < 4.78 is 5.87. The molecule has 0 radical (unpaired) electrons. The highest BCUT2D eigenvalue weighted by atomic mass is 32.1. The molecule has 3 rings (SSSR count). The highest BCUT2D eigenvalue weighted by Gasteiger charge is 2.30. The van der Waals surface area contributed by atoms with Crippen LogP contribution in [0.25, 0.3) is 0 Å². The van der Waals surface area contributed by atoms with Crippen LogP contribution in [0.1, 0.15) is 26.3 Å². The smallest absolute Gasteiger partial charge is 0.231 e. The molecule has 2 heterocycles. The number of nitrogens with one attached hydrogen (secondary N) is 2. The zero-order valence-corrected chi connectivity index (χ0v) is 15.1. The van der Waals surface area contributed by atoms with Gasteiger partial charge in [0.2, 0.25) is 11.8 Å². The Morgan fingerprint density at radius 3 is 2.68 bits per heavy atom. The maximum atomic E-state index is 12.0. The fourth-order valence-corrected chi connectivity index (χ4v) is 2.55. The van der Waals surface area contributed by atoms with Crippen LogP contribution in [-0.2, 0) is 9.53 Å². The van der Waals surface area contributed by atoms with E-state index in [-0.39, 0.29) is 23.2 Å². The molecule has 130 valence electrons. The first-order valence-electron chi connectivity index (χ1n) is 8.00. The molecule has 2 atom stereocenters. The first kappa shape index (κ1) is 17.3. The molecular weight excluding hydrogens is 336 g/mol.